The van der Waals surface area contributed by atoms with Crippen LogP contribution in [0.3, 0.4) is 0 Å². The van der Waals surface area contributed by atoms with Gasteiger partial charge in [-0.1, -0.05) is 55.8 Å². The lowest BCUT2D eigenvalue weighted by molar-refractivity contribution is 0.281. The Morgan fingerprint density at radius 1 is 1.14 bits per heavy atom. The van der Waals surface area contributed by atoms with Crippen LogP contribution in [0.5, 0.6) is 0 Å². The molecule has 2 unspecified atom stereocenters. The van der Waals surface area contributed by atoms with Gasteiger partial charge in [0.05, 0.1) is 5.92 Å². The number of hydrogen-bond acceptors (Lipinski definition) is 4. The second-order valence-corrected chi connectivity index (χ2v) is 5.94. The largest absolute Gasteiger partial charge is 0.339 e. The predicted octanol–water partition coefficient (Wildman–Crippen LogP) is 3.78. The molecular weight excluding hydrogens is 262 g/mol. The first kappa shape index (κ1) is 15.7. The van der Waals surface area contributed by atoms with E-state index in [2.05, 4.69) is 62.2 Å². The van der Waals surface area contributed by atoms with Crippen molar-refractivity contribution in [1.29, 1.82) is 0 Å². The fourth-order valence-electron chi connectivity index (χ4n) is 2.72. The molecule has 1 aromatic carbocycles. The van der Waals surface area contributed by atoms with E-state index in [1.807, 2.05) is 12.1 Å². The third-order valence-corrected chi connectivity index (χ3v) is 3.82. The Balaban J connectivity index is 2.26. The van der Waals surface area contributed by atoms with Gasteiger partial charge in [0, 0.05) is 11.6 Å². The average molecular weight is 287 g/mol. The summed E-state index contributed by atoms with van der Waals surface area (Å²) in [5, 5.41) is 7.60. The number of aromatic nitrogens is 2. The molecule has 0 aliphatic heterocycles. The van der Waals surface area contributed by atoms with Gasteiger partial charge in [0.2, 0.25) is 11.7 Å². The van der Waals surface area contributed by atoms with Crippen LogP contribution in [0.25, 0.3) is 11.4 Å². The number of rotatable bonds is 6. The van der Waals surface area contributed by atoms with Crippen LogP contribution in [-0.4, -0.2) is 22.7 Å². The standard InChI is InChI=1S/C17H25N3O/c1-6-18-13(5)15(11(2)3)17-19-16(20-21-17)14-9-7-12(4)8-10-14/h7-11,13,15,18H,6H2,1-5H3. The zero-order valence-corrected chi connectivity index (χ0v) is 13.6. The van der Waals surface area contributed by atoms with E-state index >= 15 is 0 Å². The molecule has 0 fully saturated rings. The third kappa shape index (κ3) is 3.70. The molecule has 4 nitrogen and oxygen atoms in total. The normalized spacial score (nSPS) is 14.4. The highest BCUT2D eigenvalue weighted by Crippen LogP contribution is 2.28. The van der Waals surface area contributed by atoms with Crippen LogP contribution in [-0.2, 0) is 0 Å². The molecule has 2 atom stereocenters. The Kier molecular flexibility index (Phi) is 5.12. The minimum Gasteiger partial charge on any atom is -0.339 e. The molecular formula is C17H25N3O. The SMILES string of the molecule is CCNC(C)C(c1nc(-c2ccc(C)cc2)no1)C(C)C. The highest BCUT2D eigenvalue weighted by Gasteiger charge is 2.28. The van der Waals surface area contributed by atoms with Gasteiger partial charge in [-0.05, 0) is 26.3 Å². The highest BCUT2D eigenvalue weighted by molar-refractivity contribution is 5.54. The molecule has 0 saturated heterocycles. The molecule has 2 rings (SSSR count). The fourth-order valence-corrected chi connectivity index (χ4v) is 2.72. The first-order valence-corrected chi connectivity index (χ1v) is 7.67. The summed E-state index contributed by atoms with van der Waals surface area (Å²) in [6.45, 7) is 11.7. The van der Waals surface area contributed by atoms with Gasteiger partial charge in [-0.15, -0.1) is 0 Å². The quantitative estimate of drug-likeness (QED) is 0.878. The van der Waals surface area contributed by atoms with Gasteiger partial charge in [-0.2, -0.15) is 4.98 Å². The van der Waals surface area contributed by atoms with E-state index < -0.39 is 0 Å². The van der Waals surface area contributed by atoms with Crippen LogP contribution in [0.15, 0.2) is 28.8 Å². The zero-order valence-electron chi connectivity index (χ0n) is 13.6. The Morgan fingerprint density at radius 3 is 2.38 bits per heavy atom. The van der Waals surface area contributed by atoms with Crippen LogP contribution in [0.4, 0.5) is 0 Å². The second kappa shape index (κ2) is 6.85. The molecule has 1 heterocycles. The lowest BCUT2D eigenvalue weighted by Gasteiger charge is -2.24. The number of aryl methyl sites for hydroxylation is 1. The maximum atomic E-state index is 5.54. The van der Waals surface area contributed by atoms with Crippen LogP contribution in [0.2, 0.25) is 0 Å². The maximum absolute atomic E-state index is 5.54. The van der Waals surface area contributed by atoms with Gasteiger partial charge in [0.1, 0.15) is 0 Å². The van der Waals surface area contributed by atoms with E-state index in [4.69, 9.17) is 4.52 Å². The van der Waals surface area contributed by atoms with E-state index in [-0.39, 0.29) is 5.92 Å². The van der Waals surface area contributed by atoms with Crippen molar-refractivity contribution in [3.05, 3.63) is 35.7 Å². The molecule has 0 radical (unpaired) electrons. The van der Waals surface area contributed by atoms with Crippen LogP contribution < -0.4 is 5.32 Å². The average Bonchev–Trinajstić information content (AvgIpc) is 2.89. The molecule has 114 valence electrons. The minimum atomic E-state index is 0.219. The van der Waals surface area contributed by atoms with Gasteiger partial charge in [0.15, 0.2) is 0 Å². The van der Waals surface area contributed by atoms with Gasteiger partial charge in [-0.25, -0.2) is 0 Å². The molecule has 0 spiro atoms. The summed E-state index contributed by atoms with van der Waals surface area (Å²) in [5.41, 5.74) is 2.22. The van der Waals surface area contributed by atoms with Crippen molar-refractivity contribution in [3.8, 4) is 11.4 Å². The lowest BCUT2D eigenvalue weighted by atomic mass is 9.89. The highest BCUT2D eigenvalue weighted by atomic mass is 16.5. The summed E-state index contributed by atoms with van der Waals surface area (Å²) in [4.78, 5) is 4.62. The van der Waals surface area contributed by atoms with Crippen LogP contribution in [0.1, 0.15) is 45.1 Å². The summed E-state index contributed by atoms with van der Waals surface area (Å²) in [6, 6.07) is 8.49. The monoisotopic (exact) mass is 287 g/mol. The van der Waals surface area contributed by atoms with Crippen LogP contribution >= 0.6 is 0 Å². The lowest BCUT2D eigenvalue weighted by Crippen LogP contribution is -2.34. The summed E-state index contributed by atoms with van der Waals surface area (Å²) in [5.74, 6) is 2.04. The van der Waals surface area contributed by atoms with E-state index in [0.29, 0.717) is 23.7 Å². The first-order valence-electron chi connectivity index (χ1n) is 7.67. The van der Waals surface area contributed by atoms with Crippen molar-refractivity contribution >= 4 is 0 Å². The Labute approximate surface area is 127 Å². The summed E-state index contributed by atoms with van der Waals surface area (Å²) < 4.78 is 5.54. The Hall–Kier alpha value is -1.68. The van der Waals surface area contributed by atoms with E-state index in [0.717, 1.165) is 12.1 Å². The molecule has 1 aromatic heterocycles. The maximum Gasteiger partial charge on any atom is 0.231 e. The van der Waals surface area contributed by atoms with Crippen molar-refractivity contribution in [1.82, 2.24) is 15.5 Å². The molecule has 0 amide bonds. The van der Waals surface area contributed by atoms with Gasteiger partial charge in [0.25, 0.3) is 0 Å². The first-order chi connectivity index (χ1) is 10.0. The smallest absolute Gasteiger partial charge is 0.231 e. The van der Waals surface area contributed by atoms with E-state index in [1.54, 1.807) is 0 Å². The molecule has 0 saturated carbocycles. The summed E-state index contributed by atoms with van der Waals surface area (Å²) in [7, 11) is 0. The molecule has 21 heavy (non-hydrogen) atoms. The molecule has 0 aliphatic rings. The van der Waals surface area contributed by atoms with E-state index in [1.165, 1.54) is 5.56 Å². The Morgan fingerprint density at radius 2 is 1.81 bits per heavy atom. The van der Waals surface area contributed by atoms with Crippen molar-refractivity contribution in [2.45, 2.75) is 46.6 Å². The second-order valence-electron chi connectivity index (χ2n) is 5.94. The topological polar surface area (TPSA) is 51.0 Å². The van der Waals surface area contributed by atoms with Gasteiger partial charge in [-0.3, -0.25) is 0 Å². The van der Waals surface area contributed by atoms with Crippen molar-refractivity contribution in [2.75, 3.05) is 6.54 Å². The van der Waals surface area contributed by atoms with Gasteiger partial charge >= 0.3 is 0 Å². The molecule has 0 aliphatic carbocycles. The summed E-state index contributed by atoms with van der Waals surface area (Å²) >= 11 is 0. The number of hydrogen-bond donors (Lipinski definition) is 1. The van der Waals surface area contributed by atoms with Crippen LogP contribution in [0, 0.1) is 12.8 Å². The third-order valence-electron chi connectivity index (χ3n) is 3.82. The van der Waals surface area contributed by atoms with Gasteiger partial charge < -0.3 is 9.84 Å². The molecule has 0 bridgehead atoms. The van der Waals surface area contributed by atoms with E-state index in [9.17, 15) is 0 Å². The van der Waals surface area contributed by atoms with Crippen molar-refractivity contribution in [2.24, 2.45) is 5.92 Å². The molecule has 4 heteroatoms. The number of nitrogens with one attached hydrogen (secondary N) is 1. The predicted molar refractivity (Wildman–Crippen MR) is 85.2 cm³/mol. The van der Waals surface area contributed by atoms with Crippen molar-refractivity contribution < 1.29 is 4.52 Å². The number of benzene rings is 1. The number of likely N-dealkylation sites (N-methyl/N-ethyl adjacent to an activating group) is 1. The zero-order chi connectivity index (χ0) is 15.4. The minimum absolute atomic E-state index is 0.219. The molecule has 1 N–H and O–H groups in total. The fraction of sp³-hybridized carbons (Fsp3) is 0.529. The summed E-state index contributed by atoms with van der Waals surface area (Å²) in [6.07, 6.45) is 0. The number of nitrogens with zero attached hydrogens (tertiary/aromatic N) is 2. The molecule has 2 aromatic rings. The van der Waals surface area contributed by atoms with Crippen molar-refractivity contribution in [3.63, 3.8) is 0 Å². The Bertz CT molecular complexity index is 560.